The fraction of sp³-hybridized carbons (Fsp3) is 0.851. The van der Waals surface area contributed by atoms with E-state index in [1.165, 1.54) is 7.11 Å². The summed E-state index contributed by atoms with van der Waals surface area (Å²) in [4.78, 5) is 13.5. The van der Waals surface area contributed by atoms with Crippen LogP contribution in [0.15, 0.2) is 30.3 Å². The summed E-state index contributed by atoms with van der Waals surface area (Å²) in [7, 11) is 1.31. The molecule has 3 heterocycles. The van der Waals surface area contributed by atoms with Crippen LogP contribution in [0.5, 0.6) is 0 Å². The third kappa shape index (κ3) is 8.92. The number of rotatable bonds is 13. The van der Waals surface area contributed by atoms with Crippen LogP contribution in [-0.4, -0.2) is 205 Å². The Morgan fingerprint density at radius 2 is 1.28 bits per heavy atom. The molecule has 4 aliphatic carbocycles. The fourth-order valence-corrected chi connectivity index (χ4v) is 13.6. The number of carbonyl (C=O) groups is 1. The first kappa shape index (κ1) is 51.3. The lowest BCUT2D eigenvalue weighted by Crippen LogP contribution is -2.67. The van der Waals surface area contributed by atoms with Gasteiger partial charge in [0.15, 0.2) is 18.9 Å². The summed E-state index contributed by atoms with van der Waals surface area (Å²) in [6.07, 6.45) is -20.0. The monoisotopic (exact) mass is 956 g/mol. The summed E-state index contributed by atoms with van der Waals surface area (Å²) in [6, 6.07) is 8.74. The zero-order chi connectivity index (χ0) is 48.3. The molecule has 0 spiro atoms. The van der Waals surface area contributed by atoms with E-state index in [-0.39, 0.29) is 35.2 Å². The summed E-state index contributed by atoms with van der Waals surface area (Å²) in [5.41, 5.74) is -1.85. The minimum absolute atomic E-state index is 0.0953. The van der Waals surface area contributed by atoms with E-state index in [9.17, 15) is 61.0 Å². The van der Waals surface area contributed by atoms with Crippen LogP contribution in [0.3, 0.4) is 0 Å². The van der Waals surface area contributed by atoms with Crippen LogP contribution < -0.4 is 0 Å². The van der Waals surface area contributed by atoms with Gasteiger partial charge < -0.3 is 94.1 Å². The van der Waals surface area contributed by atoms with E-state index in [0.29, 0.717) is 37.7 Å². The topological polar surface area (TPSA) is 313 Å². The van der Waals surface area contributed by atoms with E-state index in [0.717, 1.165) is 19.3 Å². The minimum Gasteiger partial charge on any atom is -0.456 e. The molecule has 0 radical (unpaired) electrons. The van der Waals surface area contributed by atoms with Gasteiger partial charge in [-0.3, -0.25) is 0 Å². The third-order valence-electron chi connectivity index (χ3n) is 17.4. The van der Waals surface area contributed by atoms with E-state index in [4.69, 9.17) is 37.9 Å². The molecule has 20 heteroatoms. The molecule has 0 aromatic heterocycles. The smallest absolute Gasteiger partial charge is 0.338 e. The van der Waals surface area contributed by atoms with Crippen LogP contribution in [0, 0.1) is 34.5 Å². The van der Waals surface area contributed by atoms with E-state index >= 15 is 0 Å². The van der Waals surface area contributed by atoms with Crippen LogP contribution in [-0.2, 0) is 37.9 Å². The molecule has 380 valence electrons. The van der Waals surface area contributed by atoms with Gasteiger partial charge in [-0.2, -0.15) is 0 Å². The molecule has 7 fully saturated rings. The number of hydrogen-bond acceptors (Lipinski definition) is 20. The maximum Gasteiger partial charge on any atom is 0.338 e. The number of ether oxygens (including phenoxy) is 8. The highest BCUT2D eigenvalue weighted by molar-refractivity contribution is 5.89. The van der Waals surface area contributed by atoms with Crippen molar-refractivity contribution in [2.24, 2.45) is 34.5 Å². The first-order valence-corrected chi connectivity index (χ1v) is 23.9. The van der Waals surface area contributed by atoms with Crippen LogP contribution in [0.1, 0.15) is 82.5 Å². The molecule has 4 saturated carbocycles. The predicted octanol–water partition coefficient (Wildman–Crippen LogP) is -1.54. The van der Waals surface area contributed by atoms with Crippen LogP contribution in [0.25, 0.3) is 0 Å². The number of carbonyl (C=O) groups excluding carboxylic acids is 1. The molecule has 1 aromatic carbocycles. The molecule has 67 heavy (non-hydrogen) atoms. The second-order valence-electron chi connectivity index (χ2n) is 20.7. The number of fused-ring (bicyclic) bond motifs is 5. The summed E-state index contributed by atoms with van der Waals surface area (Å²) >= 11 is 0. The van der Waals surface area contributed by atoms with E-state index in [1.54, 1.807) is 31.2 Å². The average Bonchev–Trinajstić information content (AvgIpc) is 3.55. The van der Waals surface area contributed by atoms with E-state index in [2.05, 4.69) is 13.8 Å². The lowest BCUT2D eigenvalue weighted by atomic mass is 9.43. The van der Waals surface area contributed by atoms with Gasteiger partial charge in [-0.1, -0.05) is 32.0 Å². The van der Waals surface area contributed by atoms with Gasteiger partial charge in [0, 0.05) is 12.5 Å². The molecule has 7 aliphatic rings. The average molecular weight is 957 g/mol. The van der Waals surface area contributed by atoms with Crippen LogP contribution in [0.4, 0.5) is 0 Å². The van der Waals surface area contributed by atoms with Crippen molar-refractivity contribution in [3.63, 3.8) is 0 Å². The van der Waals surface area contributed by atoms with Crippen LogP contribution >= 0.6 is 0 Å². The minimum atomic E-state index is -1.89. The van der Waals surface area contributed by atoms with Gasteiger partial charge in [-0.05, 0) is 99.5 Å². The molecule has 25 atom stereocenters. The number of esters is 1. The lowest BCUT2D eigenvalue weighted by molar-refractivity contribution is -0.382. The van der Waals surface area contributed by atoms with Crippen molar-refractivity contribution >= 4 is 5.97 Å². The maximum atomic E-state index is 13.5. The van der Waals surface area contributed by atoms with Crippen molar-refractivity contribution in [3.05, 3.63) is 35.9 Å². The van der Waals surface area contributed by atoms with Crippen molar-refractivity contribution in [3.8, 4) is 0 Å². The molecule has 1 aromatic rings. The molecule has 20 nitrogen and oxygen atoms in total. The summed E-state index contributed by atoms with van der Waals surface area (Å²) in [5.74, 6) is -0.680. The summed E-state index contributed by atoms with van der Waals surface area (Å²) in [5, 5.41) is 120. The van der Waals surface area contributed by atoms with E-state index in [1.807, 2.05) is 6.07 Å². The van der Waals surface area contributed by atoms with Crippen molar-refractivity contribution < 1.29 is 98.9 Å². The van der Waals surface area contributed by atoms with Crippen molar-refractivity contribution in [1.29, 1.82) is 0 Å². The Labute approximate surface area is 389 Å². The van der Waals surface area contributed by atoms with Crippen molar-refractivity contribution in [1.82, 2.24) is 0 Å². The Kier molecular flexibility index (Phi) is 15.5. The standard InChI is InChI=1S/C47H72O20/c1-21(51)27-17-31(65-41(58)22-8-6-5-7-9-22)47(59)26-11-10-23-16-24(12-14-45(23,2)25(26)13-15-46(27,47)3)61-44-37(57)40(60-4)39(30(20-50)64-44)67-43-36(56)34(54)38(29(19-49)63-43)66-42-35(55)33(53)32(52)28(18-48)62-42/h5-9,21,23-40,42-44,48-57,59H,10-20H2,1-4H3/t21-,23+,24+,25+,26-,27-,28-,29-,30-,31+,32-,33+,34-,35-,36-,37-,38-,39+,40-,42+,43+,44-,45+,46-,47-/m1/s1. The third-order valence-corrected chi connectivity index (χ3v) is 17.4. The van der Waals surface area contributed by atoms with E-state index < -0.39 is 141 Å². The maximum absolute atomic E-state index is 13.5. The molecule has 3 saturated heterocycles. The first-order chi connectivity index (χ1) is 31.9. The Bertz CT molecular complexity index is 1810. The molecular weight excluding hydrogens is 884 g/mol. The number of benzene rings is 1. The predicted molar refractivity (Wildman–Crippen MR) is 228 cm³/mol. The number of hydrogen-bond donors (Lipinski definition) is 11. The number of aliphatic hydroxyl groups excluding tert-OH is 10. The number of aliphatic hydroxyl groups is 11. The second kappa shape index (κ2) is 20.2. The molecule has 3 aliphatic heterocycles. The second-order valence-corrected chi connectivity index (χ2v) is 20.7. The van der Waals surface area contributed by atoms with Gasteiger partial charge in [-0.25, -0.2) is 4.79 Å². The SMILES string of the molecule is CO[C@@H]1[C@@H](O)[C@H](O[C@H]2CC[C@@]3(C)[C@@H](CC[C@@H]4[C@@H]3CC[C@]3(C)[C@@H]([C@@H](C)O)C[C@H](OC(=O)c5ccccc5)[C@]43O)C2)O[C@H](CO)[C@@H]1O[C@@H]1O[C@H](CO)[C@@H](O[C@@H]2O[C@H](CO)[C@@H](O)[C@H](O)[C@H]2O)[C@H](O)[C@H]1O. The molecule has 8 rings (SSSR count). The largest absolute Gasteiger partial charge is 0.456 e. The molecular formula is C47H72O20. The van der Waals surface area contributed by atoms with Crippen LogP contribution in [0.2, 0.25) is 0 Å². The Morgan fingerprint density at radius 3 is 1.91 bits per heavy atom. The molecule has 0 bridgehead atoms. The molecule has 11 N–H and O–H groups in total. The zero-order valence-corrected chi connectivity index (χ0v) is 38.5. The Morgan fingerprint density at radius 1 is 0.687 bits per heavy atom. The van der Waals surface area contributed by atoms with Crippen molar-refractivity contribution in [2.45, 2.75) is 188 Å². The van der Waals surface area contributed by atoms with Gasteiger partial charge in [0.1, 0.15) is 85.0 Å². The highest BCUT2D eigenvalue weighted by Gasteiger charge is 2.72. The van der Waals surface area contributed by atoms with Gasteiger partial charge in [-0.15, -0.1) is 0 Å². The van der Waals surface area contributed by atoms with Gasteiger partial charge in [0.2, 0.25) is 0 Å². The summed E-state index contributed by atoms with van der Waals surface area (Å²) in [6.45, 7) is 3.88. The molecule has 0 unspecified atom stereocenters. The zero-order valence-electron chi connectivity index (χ0n) is 38.5. The summed E-state index contributed by atoms with van der Waals surface area (Å²) < 4.78 is 47.5. The number of methoxy groups -OCH3 is 1. The van der Waals surface area contributed by atoms with Gasteiger partial charge >= 0.3 is 5.97 Å². The Hall–Kier alpha value is -2.03. The van der Waals surface area contributed by atoms with Gasteiger partial charge in [0.25, 0.3) is 0 Å². The Balaban J connectivity index is 0.916. The highest BCUT2D eigenvalue weighted by atomic mass is 16.8. The molecule has 0 amide bonds. The normalized spacial score (nSPS) is 50.4. The lowest BCUT2D eigenvalue weighted by Gasteiger charge is -2.64. The highest BCUT2D eigenvalue weighted by Crippen LogP contribution is 2.70. The van der Waals surface area contributed by atoms with Crippen molar-refractivity contribution in [2.75, 3.05) is 26.9 Å². The quantitative estimate of drug-likeness (QED) is 0.0789. The first-order valence-electron chi connectivity index (χ1n) is 23.9. The fourth-order valence-electron chi connectivity index (χ4n) is 13.6. The van der Waals surface area contributed by atoms with Gasteiger partial charge in [0.05, 0.1) is 37.6 Å².